The van der Waals surface area contributed by atoms with Crippen LogP contribution in [-0.2, 0) is 0 Å². The molecule has 3 heteroatoms. The maximum absolute atomic E-state index is 6.48. The molecule has 0 aliphatic carbocycles. The normalized spacial score (nSPS) is 12.6. The number of halogens is 2. The Hall–Kier alpha value is -1.16. The van der Waals surface area contributed by atoms with Gasteiger partial charge in [0, 0.05) is 8.95 Å². The summed E-state index contributed by atoms with van der Waals surface area (Å²) in [7, 11) is 0. The first-order chi connectivity index (χ1) is 9.65. The molecule has 0 heterocycles. The van der Waals surface area contributed by atoms with Crippen molar-refractivity contribution in [2.24, 2.45) is 5.73 Å². The van der Waals surface area contributed by atoms with E-state index in [4.69, 9.17) is 5.73 Å². The fourth-order valence-electron chi connectivity index (χ4n) is 2.46. The zero-order valence-electron chi connectivity index (χ0n) is 10.7. The number of benzene rings is 3. The Labute approximate surface area is 135 Å². The first kappa shape index (κ1) is 13.8. The highest BCUT2D eigenvalue weighted by molar-refractivity contribution is 9.11. The van der Waals surface area contributed by atoms with E-state index >= 15 is 0 Å². The second-order valence-corrected chi connectivity index (χ2v) is 6.58. The number of fused-ring (bicyclic) bond motifs is 1. The minimum Gasteiger partial charge on any atom is -0.320 e. The van der Waals surface area contributed by atoms with Gasteiger partial charge in [0.1, 0.15) is 0 Å². The largest absolute Gasteiger partial charge is 0.320 e. The average molecular weight is 391 g/mol. The molecule has 0 aliphatic rings. The van der Waals surface area contributed by atoms with Crippen LogP contribution < -0.4 is 5.73 Å². The zero-order chi connectivity index (χ0) is 14.1. The second-order valence-electron chi connectivity index (χ2n) is 4.75. The van der Waals surface area contributed by atoms with Crippen molar-refractivity contribution < 1.29 is 0 Å². The fraction of sp³-hybridized carbons (Fsp3) is 0.0588. The maximum Gasteiger partial charge on any atom is 0.0558 e. The minimum absolute atomic E-state index is 0.144. The van der Waals surface area contributed by atoms with E-state index in [2.05, 4.69) is 80.4 Å². The first-order valence-corrected chi connectivity index (χ1v) is 7.93. The van der Waals surface area contributed by atoms with Gasteiger partial charge >= 0.3 is 0 Å². The Morgan fingerprint density at radius 3 is 2.20 bits per heavy atom. The van der Waals surface area contributed by atoms with E-state index in [0.717, 1.165) is 20.1 Å². The molecule has 0 spiro atoms. The second kappa shape index (κ2) is 5.68. The third-order valence-electron chi connectivity index (χ3n) is 3.40. The quantitative estimate of drug-likeness (QED) is 0.621. The van der Waals surface area contributed by atoms with Crippen molar-refractivity contribution in [1.82, 2.24) is 0 Å². The van der Waals surface area contributed by atoms with Crippen LogP contribution in [0.25, 0.3) is 10.8 Å². The summed E-state index contributed by atoms with van der Waals surface area (Å²) in [6, 6.07) is 20.6. The Balaban J connectivity index is 2.15. The van der Waals surface area contributed by atoms with Gasteiger partial charge in [-0.25, -0.2) is 0 Å². The molecule has 1 unspecified atom stereocenters. The van der Waals surface area contributed by atoms with Crippen molar-refractivity contribution in [3.8, 4) is 0 Å². The summed E-state index contributed by atoms with van der Waals surface area (Å²) in [5, 5.41) is 2.42. The van der Waals surface area contributed by atoms with Crippen molar-refractivity contribution in [3.63, 3.8) is 0 Å². The van der Waals surface area contributed by atoms with Gasteiger partial charge in [-0.3, -0.25) is 0 Å². The highest BCUT2D eigenvalue weighted by atomic mass is 79.9. The SMILES string of the molecule is NC(c1cc(Br)cc(Br)c1)c1cccc2ccccc12. The van der Waals surface area contributed by atoms with Crippen LogP contribution in [0.2, 0.25) is 0 Å². The van der Waals surface area contributed by atoms with Gasteiger partial charge < -0.3 is 5.73 Å². The number of rotatable bonds is 2. The summed E-state index contributed by atoms with van der Waals surface area (Å²) >= 11 is 7.04. The lowest BCUT2D eigenvalue weighted by Gasteiger charge is -2.16. The van der Waals surface area contributed by atoms with Gasteiger partial charge in [-0.2, -0.15) is 0 Å². The van der Waals surface area contributed by atoms with E-state index in [9.17, 15) is 0 Å². The summed E-state index contributed by atoms with van der Waals surface area (Å²) in [6.45, 7) is 0. The van der Waals surface area contributed by atoms with Gasteiger partial charge in [-0.1, -0.05) is 74.3 Å². The molecule has 0 amide bonds. The molecule has 1 nitrogen and oxygen atoms in total. The van der Waals surface area contributed by atoms with Gasteiger partial charge in [0.05, 0.1) is 6.04 Å². The van der Waals surface area contributed by atoms with E-state index in [1.54, 1.807) is 0 Å². The Morgan fingerprint density at radius 1 is 0.800 bits per heavy atom. The minimum atomic E-state index is -0.144. The average Bonchev–Trinajstić information content (AvgIpc) is 2.45. The van der Waals surface area contributed by atoms with Crippen molar-refractivity contribution in [1.29, 1.82) is 0 Å². The lowest BCUT2D eigenvalue weighted by atomic mass is 9.94. The van der Waals surface area contributed by atoms with E-state index < -0.39 is 0 Å². The predicted octanol–water partition coefficient (Wildman–Crippen LogP) is 5.41. The third-order valence-corrected chi connectivity index (χ3v) is 4.32. The molecule has 0 aromatic heterocycles. The topological polar surface area (TPSA) is 26.0 Å². The van der Waals surface area contributed by atoms with Crippen LogP contribution in [0.1, 0.15) is 17.2 Å². The molecule has 100 valence electrons. The molecule has 3 aromatic rings. The summed E-state index contributed by atoms with van der Waals surface area (Å²) in [4.78, 5) is 0. The molecule has 3 aromatic carbocycles. The number of hydrogen-bond donors (Lipinski definition) is 1. The lowest BCUT2D eigenvalue weighted by molar-refractivity contribution is 0.879. The molecular formula is C17H13Br2N. The van der Waals surface area contributed by atoms with E-state index in [-0.39, 0.29) is 6.04 Å². The van der Waals surface area contributed by atoms with Crippen LogP contribution >= 0.6 is 31.9 Å². The maximum atomic E-state index is 6.48. The van der Waals surface area contributed by atoms with Gasteiger partial charge in [-0.05, 0) is 40.1 Å². The molecule has 20 heavy (non-hydrogen) atoms. The van der Waals surface area contributed by atoms with Gasteiger partial charge in [0.15, 0.2) is 0 Å². The summed E-state index contributed by atoms with van der Waals surface area (Å²) in [5.74, 6) is 0. The summed E-state index contributed by atoms with van der Waals surface area (Å²) < 4.78 is 2.05. The van der Waals surface area contributed by atoms with Gasteiger partial charge in [-0.15, -0.1) is 0 Å². The molecule has 0 radical (unpaired) electrons. The molecule has 0 bridgehead atoms. The van der Waals surface area contributed by atoms with Crippen molar-refractivity contribution in [2.75, 3.05) is 0 Å². The molecule has 2 N–H and O–H groups in total. The first-order valence-electron chi connectivity index (χ1n) is 6.34. The molecule has 0 aliphatic heterocycles. The van der Waals surface area contributed by atoms with Crippen LogP contribution in [0.15, 0.2) is 69.6 Å². The highest BCUT2D eigenvalue weighted by Gasteiger charge is 2.13. The van der Waals surface area contributed by atoms with Crippen molar-refractivity contribution >= 4 is 42.6 Å². The van der Waals surface area contributed by atoms with Crippen LogP contribution in [0.3, 0.4) is 0 Å². The molecule has 3 rings (SSSR count). The van der Waals surface area contributed by atoms with E-state index in [1.165, 1.54) is 10.8 Å². The number of nitrogens with two attached hydrogens (primary N) is 1. The molecular weight excluding hydrogens is 378 g/mol. The zero-order valence-corrected chi connectivity index (χ0v) is 13.9. The van der Waals surface area contributed by atoms with Gasteiger partial charge in [0.25, 0.3) is 0 Å². The van der Waals surface area contributed by atoms with E-state index in [1.807, 2.05) is 12.1 Å². The molecule has 1 atom stereocenters. The lowest BCUT2D eigenvalue weighted by Crippen LogP contribution is -2.12. The summed E-state index contributed by atoms with van der Waals surface area (Å²) in [6.07, 6.45) is 0. The molecule has 0 saturated carbocycles. The fourth-order valence-corrected chi connectivity index (χ4v) is 3.79. The van der Waals surface area contributed by atoms with Crippen molar-refractivity contribution in [3.05, 3.63) is 80.7 Å². The Bertz CT molecular complexity index is 742. The molecule has 0 fully saturated rings. The summed E-state index contributed by atoms with van der Waals surface area (Å²) in [5.41, 5.74) is 8.71. The van der Waals surface area contributed by atoms with Crippen LogP contribution in [0, 0.1) is 0 Å². The van der Waals surface area contributed by atoms with Crippen LogP contribution in [0.5, 0.6) is 0 Å². The van der Waals surface area contributed by atoms with Crippen molar-refractivity contribution in [2.45, 2.75) is 6.04 Å². The van der Waals surface area contributed by atoms with E-state index in [0.29, 0.717) is 0 Å². The van der Waals surface area contributed by atoms with Crippen LogP contribution in [0.4, 0.5) is 0 Å². The third kappa shape index (κ3) is 2.66. The molecule has 0 saturated heterocycles. The van der Waals surface area contributed by atoms with Crippen LogP contribution in [-0.4, -0.2) is 0 Å². The Morgan fingerprint density at radius 2 is 1.45 bits per heavy atom. The highest BCUT2D eigenvalue weighted by Crippen LogP contribution is 2.30. The van der Waals surface area contributed by atoms with Gasteiger partial charge in [0.2, 0.25) is 0 Å². The predicted molar refractivity (Wildman–Crippen MR) is 91.8 cm³/mol. The monoisotopic (exact) mass is 389 g/mol. The standard InChI is InChI=1S/C17H13Br2N/c18-13-8-12(9-14(19)10-13)17(20)16-7-3-5-11-4-1-2-6-15(11)16/h1-10,17H,20H2. The number of hydrogen-bond acceptors (Lipinski definition) is 1. The smallest absolute Gasteiger partial charge is 0.0558 e. The Kier molecular flexibility index (Phi) is 3.92.